The van der Waals surface area contributed by atoms with E-state index in [0.29, 0.717) is 11.3 Å². The molecule has 34 heavy (non-hydrogen) atoms. The first-order valence-corrected chi connectivity index (χ1v) is 12.1. The number of carbonyl (C=O) groups excluding carboxylic acids is 1. The molecule has 4 N–H and O–H groups in total. The van der Waals surface area contributed by atoms with Gasteiger partial charge >= 0.3 is 5.97 Å². The van der Waals surface area contributed by atoms with Gasteiger partial charge in [0, 0.05) is 33.6 Å². The van der Waals surface area contributed by atoms with Crippen LogP contribution in [0.3, 0.4) is 0 Å². The van der Waals surface area contributed by atoms with Gasteiger partial charge in [-0.3, -0.25) is 9.59 Å². The van der Waals surface area contributed by atoms with E-state index in [2.05, 4.69) is 22.0 Å². The molecule has 0 saturated carbocycles. The minimum Gasteiger partial charge on any atom is -0.481 e. The summed E-state index contributed by atoms with van der Waals surface area (Å²) in [5.74, 6) is -0.0531. The number of hydrogen-bond donors (Lipinski definition) is 4. The number of benzene rings is 3. The molecule has 0 radical (unpaired) electrons. The lowest BCUT2D eigenvalue weighted by Gasteiger charge is -2.17. The number of anilines is 2. The second-order valence-electron chi connectivity index (χ2n) is 7.99. The van der Waals surface area contributed by atoms with Crippen LogP contribution in [0.5, 0.6) is 0 Å². The summed E-state index contributed by atoms with van der Waals surface area (Å²) in [5, 5.41) is 18.7. The Labute approximate surface area is 203 Å². The van der Waals surface area contributed by atoms with Gasteiger partial charge in [-0.25, -0.2) is 0 Å². The number of nitrogens with one attached hydrogen (secondary N) is 3. The first-order chi connectivity index (χ1) is 16.6. The van der Waals surface area contributed by atoms with Crippen molar-refractivity contribution in [2.75, 3.05) is 17.2 Å². The van der Waals surface area contributed by atoms with E-state index >= 15 is 0 Å². The lowest BCUT2D eigenvalue weighted by atomic mass is 10.1. The van der Waals surface area contributed by atoms with Crippen molar-refractivity contribution in [1.82, 2.24) is 5.32 Å². The zero-order chi connectivity index (χ0) is 23.8. The van der Waals surface area contributed by atoms with Crippen molar-refractivity contribution >= 4 is 35.0 Å². The smallest absolute Gasteiger partial charge is 0.304 e. The quantitative estimate of drug-likeness (QED) is 0.290. The van der Waals surface area contributed by atoms with Gasteiger partial charge in [0.05, 0.1) is 12.2 Å². The zero-order valence-corrected chi connectivity index (χ0v) is 19.5. The fraction of sp³-hybridized carbons (Fsp3) is 0.185. The summed E-state index contributed by atoms with van der Waals surface area (Å²) in [6.45, 7) is 0.957. The summed E-state index contributed by atoms with van der Waals surface area (Å²) in [7, 11) is 0. The average Bonchev–Trinajstić information content (AvgIpc) is 2.85. The first kappa shape index (κ1) is 23.4. The van der Waals surface area contributed by atoms with E-state index in [1.165, 1.54) is 11.8 Å². The molecule has 1 aliphatic rings. The molecule has 0 spiro atoms. The molecule has 3 aromatic rings. The van der Waals surface area contributed by atoms with Crippen LogP contribution < -0.4 is 16.0 Å². The molecule has 174 valence electrons. The number of rotatable bonds is 9. The van der Waals surface area contributed by atoms with Crippen LogP contribution in [-0.4, -0.2) is 23.5 Å². The van der Waals surface area contributed by atoms with Crippen LogP contribution in [0.15, 0.2) is 95.7 Å². The fourth-order valence-electron chi connectivity index (χ4n) is 3.67. The molecule has 3 aromatic carbocycles. The molecule has 0 saturated heterocycles. The number of aliphatic carboxylic acids is 1. The third-order valence-corrected chi connectivity index (χ3v) is 6.62. The number of carboxylic acid groups (broad SMARTS) is 1. The second-order valence-corrected chi connectivity index (χ2v) is 9.26. The van der Waals surface area contributed by atoms with E-state index in [0.717, 1.165) is 41.4 Å². The molecule has 7 heteroatoms. The Morgan fingerprint density at radius 3 is 2.47 bits per heavy atom. The minimum atomic E-state index is -0.848. The standard InChI is InChI=1S/C27H27N3O3S/c31-26(32)18-24(19-7-2-1-3-8-19)34-23-10-6-9-22(17-23)30-27(33)20-12-14-21(15-13-20)29-25-11-4-5-16-28-25/h1-3,6-15,17,24,28-29H,4-5,16,18H2,(H,30,33)(H,31,32). The molecule has 0 bridgehead atoms. The summed E-state index contributed by atoms with van der Waals surface area (Å²) in [5.41, 5.74) is 3.09. The fourth-order valence-corrected chi connectivity index (χ4v) is 4.87. The summed E-state index contributed by atoms with van der Waals surface area (Å²) < 4.78 is 0. The maximum atomic E-state index is 12.8. The Bertz CT molecular complexity index is 1160. The molecule has 6 nitrogen and oxygen atoms in total. The Balaban J connectivity index is 1.40. The van der Waals surface area contributed by atoms with Gasteiger partial charge in [0.1, 0.15) is 0 Å². The van der Waals surface area contributed by atoms with E-state index in [-0.39, 0.29) is 17.6 Å². The largest absolute Gasteiger partial charge is 0.481 e. The first-order valence-electron chi connectivity index (χ1n) is 11.2. The highest BCUT2D eigenvalue weighted by Crippen LogP contribution is 2.38. The maximum absolute atomic E-state index is 12.8. The van der Waals surface area contributed by atoms with Crippen molar-refractivity contribution in [1.29, 1.82) is 0 Å². The second kappa shape index (κ2) is 11.4. The number of amides is 1. The highest BCUT2D eigenvalue weighted by atomic mass is 32.2. The topological polar surface area (TPSA) is 90.5 Å². The summed E-state index contributed by atoms with van der Waals surface area (Å²) in [6.07, 6.45) is 4.33. The van der Waals surface area contributed by atoms with E-state index in [1.807, 2.05) is 66.7 Å². The SMILES string of the molecule is O=C(O)CC(Sc1cccc(NC(=O)c2ccc(NC3=CCCCN3)cc2)c1)c1ccccc1. The maximum Gasteiger partial charge on any atom is 0.304 e. The Morgan fingerprint density at radius 2 is 1.76 bits per heavy atom. The Morgan fingerprint density at radius 1 is 0.971 bits per heavy atom. The Kier molecular flexibility index (Phi) is 7.88. The van der Waals surface area contributed by atoms with Gasteiger partial charge in [-0.1, -0.05) is 36.4 Å². The van der Waals surface area contributed by atoms with Gasteiger partial charge in [-0.15, -0.1) is 11.8 Å². The molecule has 1 unspecified atom stereocenters. The van der Waals surface area contributed by atoms with Crippen LogP contribution in [0.1, 0.15) is 40.4 Å². The highest BCUT2D eigenvalue weighted by Gasteiger charge is 2.17. The van der Waals surface area contributed by atoms with Crippen molar-refractivity contribution in [3.05, 3.63) is 102 Å². The van der Waals surface area contributed by atoms with Crippen molar-refractivity contribution < 1.29 is 14.7 Å². The van der Waals surface area contributed by atoms with Gasteiger partial charge < -0.3 is 21.1 Å². The monoisotopic (exact) mass is 473 g/mol. The van der Waals surface area contributed by atoms with Crippen molar-refractivity contribution in [2.24, 2.45) is 0 Å². The average molecular weight is 474 g/mol. The van der Waals surface area contributed by atoms with Crippen LogP contribution >= 0.6 is 11.8 Å². The van der Waals surface area contributed by atoms with Crippen molar-refractivity contribution in [2.45, 2.75) is 29.4 Å². The summed E-state index contributed by atoms with van der Waals surface area (Å²) in [4.78, 5) is 25.1. The molecule has 1 atom stereocenters. The molecular weight excluding hydrogens is 446 g/mol. The van der Waals surface area contributed by atoms with Crippen LogP contribution in [0, 0.1) is 0 Å². The van der Waals surface area contributed by atoms with E-state index in [4.69, 9.17) is 0 Å². The molecular formula is C27H27N3O3S. The van der Waals surface area contributed by atoms with Crippen LogP contribution in [0.4, 0.5) is 11.4 Å². The van der Waals surface area contributed by atoms with E-state index in [1.54, 1.807) is 12.1 Å². The third kappa shape index (κ3) is 6.65. The van der Waals surface area contributed by atoms with Gasteiger partial charge in [0.15, 0.2) is 0 Å². The molecule has 4 rings (SSSR count). The van der Waals surface area contributed by atoms with Crippen molar-refractivity contribution in [3.8, 4) is 0 Å². The van der Waals surface area contributed by atoms with Crippen LogP contribution in [0.25, 0.3) is 0 Å². The van der Waals surface area contributed by atoms with E-state index < -0.39 is 5.97 Å². The number of carboxylic acids is 1. The van der Waals surface area contributed by atoms with Crippen LogP contribution in [0.2, 0.25) is 0 Å². The van der Waals surface area contributed by atoms with Gasteiger partial charge in [0.25, 0.3) is 5.91 Å². The minimum absolute atomic E-state index is 0.0120. The molecule has 1 heterocycles. The lowest BCUT2D eigenvalue weighted by molar-refractivity contribution is -0.137. The highest BCUT2D eigenvalue weighted by molar-refractivity contribution is 7.99. The van der Waals surface area contributed by atoms with Crippen LogP contribution in [-0.2, 0) is 4.79 Å². The predicted molar refractivity (Wildman–Crippen MR) is 137 cm³/mol. The Hall–Kier alpha value is -3.71. The molecule has 1 aliphatic heterocycles. The number of allylic oxidation sites excluding steroid dienone is 1. The zero-order valence-electron chi connectivity index (χ0n) is 18.7. The van der Waals surface area contributed by atoms with Gasteiger partial charge in [-0.05, 0) is 66.9 Å². The number of hydrogen-bond acceptors (Lipinski definition) is 5. The molecule has 0 aliphatic carbocycles. The normalized spacial score (nSPS) is 13.8. The van der Waals surface area contributed by atoms with Crippen molar-refractivity contribution in [3.63, 3.8) is 0 Å². The molecule has 1 amide bonds. The predicted octanol–water partition coefficient (Wildman–Crippen LogP) is 5.88. The van der Waals surface area contributed by atoms with Gasteiger partial charge in [0.2, 0.25) is 0 Å². The lowest BCUT2D eigenvalue weighted by Crippen LogP contribution is -2.23. The number of thioether (sulfide) groups is 1. The number of carbonyl (C=O) groups is 2. The molecule has 0 fully saturated rings. The molecule has 0 aromatic heterocycles. The third-order valence-electron chi connectivity index (χ3n) is 5.37. The van der Waals surface area contributed by atoms with Gasteiger partial charge in [-0.2, -0.15) is 0 Å². The summed E-state index contributed by atoms with van der Waals surface area (Å²) in [6, 6.07) is 24.4. The van der Waals surface area contributed by atoms with E-state index in [9.17, 15) is 14.7 Å². The summed E-state index contributed by atoms with van der Waals surface area (Å²) >= 11 is 1.47.